The summed E-state index contributed by atoms with van der Waals surface area (Å²) >= 11 is 5.37. The number of hydrogen-bond donors (Lipinski definition) is 0. The summed E-state index contributed by atoms with van der Waals surface area (Å²) in [6, 6.07) is 7.28. The standard InChI is InChI=1S/C20H17N3O3S/c1-12-5-6-17-21-13(2)16(20(25)22(17)10-12)8-14-9-18(27)23(19(14)24)11-15-4-3-7-26-15/h3-8,10H,9,11H2,1-2H3. The maximum atomic E-state index is 12.9. The van der Waals surface area contributed by atoms with Crippen LogP contribution in [-0.4, -0.2) is 25.2 Å². The minimum atomic E-state index is -0.204. The Morgan fingerprint density at radius 1 is 1.26 bits per heavy atom. The summed E-state index contributed by atoms with van der Waals surface area (Å²) in [6.07, 6.45) is 5.25. The molecule has 0 spiro atoms. The number of likely N-dealkylation sites (tertiary alicyclic amines) is 1. The van der Waals surface area contributed by atoms with Gasteiger partial charge in [-0.1, -0.05) is 18.3 Å². The molecule has 0 bridgehead atoms. The van der Waals surface area contributed by atoms with Crippen LogP contribution in [0.1, 0.15) is 29.0 Å². The van der Waals surface area contributed by atoms with Crippen LogP contribution in [0.3, 0.4) is 0 Å². The minimum Gasteiger partial charge on any atom is -0.467 e. The van der Waals surface area contributed by atoms with Gasteiger partial charge in [0, 0.05) is 18.2 Å². The summed E-state index contributed by atoms with van der Waals surface area (Å²) in [5, 5.41) is 0. The Labute approximate surface area is 160 Å². The first-order valence-corrected chi connectivity index (χ1v) is 8.92. The van der Waals surface area contributed by atoms with Crippen molar-refractivity contribution in [3.8, 4) is 0 Å². The highest BCUT2D eigenvalue weighted by Crippen LogP contribution is 2.24. The number of rotatable bonds is 3. The number of furan rings is 1. The molecule has 4 rings (SSSR count). The molecule has 7 heteroatoms. The summed E-state index contributed by atoms with van der Waals surface area (Å²) in [5.41, 5.74) is 2.82. The molecule has 27 heavy (non-hydrogen) atoms. The third-order valence-electron chi connectivity index (χ3n) is 4.57. The Bertz CT molecular complexity index is 1160. The fourth-order valence-corrected chi connectivity index (χ4v) is 3.46. The fraction of sp³-hybridized carbons (Fsp3) is 0.200. The van der Waals surface area contributed by atoms with Gasteiger partial charge in [-0.3, -0.25) is 18.9 Å². The summed E-state index contributed by atoms with van der Waals surface area (Å²) < 4.78 is 6.81. The molecule has 3 aromatic heterocycles. The van der Waals surface area contributed by atoms with E-state index in [2.05, 4.69) is 4.98 Å². The highest BCUT2D eigenvalue weighted by molar-refractivity contribution is 7.80. The van der Waals surface area contributed by atoms with E-state index in [1.807, 2.05) is 19.1 Å². The van der Waals surface area contributed by atoms with Crippen molar-refractivity contribution in [3.05, 3.63) is 75.2 Å². The molecule has 1 aliphatic heterocycles. The molecule has 0 saturated carbocycles. The Morgan fingerprint density at radius 2 is 2.07 bits per heavy atom. The van der Waals surface area contributed by atoms with Gasteiger partial charge in [-0.05, 0) is 43.7 Å². The van der Waals surface area contributed by atoms with Crippen molar-refractivity contribution in [1.82, 2.24) is 14.3 Å². The number of carbonyl (C=O) groups excluding carboxylic acids is 1. The first-order chi connectivity index (χ1) is 12.9. The summed E-state index contributed by atoms with van der Waals surface area (Å²) in [7, 11) is 0. The predicted molar refractivity (Wildman–Crippen MR) is 105 cm³/mol. The lowest BCUT2D eigenvalue weighted by molar-refractivity contribution is -0.122. The molecule has 1 aliphatic rings. The SMILES string of the molecule is Cc1ccc2nc(C)c(C=C3CC(=S)N(Cc4ccco4)C3=O)c(=O)n2c1. The molecule has 6 nitrogen and oxygen atoms in total. The first-order valence-electron chi connectivity index (χ1n) is 8.51. The van der Waals surface area contributed by atoms with Gasteiger partial charge in [-0.25, -0.2) is 4.98 Å². The molecular weight excluding hydrogens is 362 g/mol. The Kier molecular flexibility index (Phi) is 4.24. The van der Waals surface area contributed by atoms with Crippen LogP contribution in [0.5, 0.6) is 0 Å². The Hall–Kier alpha value is -3.06. The summed E-state index contributed by atoms with van der Waals surface area (Å²) in [4.78, 5) is 32.2. The van der Waals surface area contributed by atoms with Crippen LogP contribution in [0.2, 0.25) is 0 Å². The van der Waals surface area contributed by atoms with Crippen LogP contribution >= 0.6 is 12.2 Å². The fourth-order valence-electron chi connectivity index (χ4n) is 3.16. The van der Waals surface area contributed by atoms with E-state index in [-0.39, 0.29) is 18.0 Å². The quantitative estimate of drug-likeness (QED) is 0.517. The van der Waals surface area contributed by atoms with Gasteiger partial charge in [-0.2, -0.15) is 0 Å². The number of aryl methyl sites for hydroxylation is 2. The second kappa shape index (κ2) is 6.59. The van der Waals surface area contributed by atoms with E-state index in [0.717, 1.165) is 5.56 Å². The molecule has 0 unspecified atom stereocenters. The molecule has 136 valence electrons. The van der Waals surface area contributed by atoms with Crippen molar-refractivity contribution < 1.29 is 9.21 Å². The molecule has 0 aromatic carbocycles. The van der Waals surface area contributed by atoms with Crippen LogP contribution < -0.4 is 5.56 Å². The van der Waals surface area contributed by atoms with E-state index in [1.54, 1.807) is 37.6 Å². The number of pyridine rings is 1. The van der Waals surface area contributed by atoms with Crippen LogP contribution in [0.15, 0.2) is 51.5 Å². The highest BCUT2D eigenvalue weighted by Gasteiger charge is 2.31. The number of fused-ring (bicyclic) bond motifs is 1. The molecule has 0 atom stereocenters. The predicted octanol–water partition coefficient (Wildman–Crippen LogP) is 3.05. The van der Waals surface area contributed by atoms with Crippen LogP contribution in [0.25, 0.3) is 11.7 Å². The first kappa shape index (κ1) is 17.4. The summed E-state index contributed by atoms with van der Waals surface area (Å²) in [6.45, 7) is 3.97. The zero-order valence-electron chi connectivity index (χ0n) is 14.9. The number of hydrogen-bond acceptors (Lipinski definition) is 5. The number of carbonyl (C=O) groups is 1. The van der Waals surface area contributed by atoms with Crippen molar-refractivity contribution in [2.24, 2.45) is 0 Å². The maximum absolute atomic E-state index is 12.9. The average molecular weight is 379 g/mol. The molecule has 0 N–H and O–H groups in total. The van der Waals surface area contributed by atoms with Crippen molar-refractivity contribution in [2.45, 2.75) is 26.8 Å². The van der Waals surface area contributed by atoms with Gasteiger partial charge >= 0.3 is 0 Å². The second-order valence-electron chi connectivity index (χ2n) is 6.56. The van der Waals surface area contributed by atoms with Gasteiger partial charge in [0.1, 0.15) is 11.4 Å². The van der Waals surface area contributed by atoms with Gasteiger partial charge in [0.15, 0.2) is 0 Å². The van der Waals surface area contributed by atoms with E-state index < -0.39 is 0 Å². The topological polar surface area (TPSA) is 67.8 Å². The molecule has 1 saturated heterocycles. The summed E-state index contributed by atoms with van der Waals surface area (Å²) in [5.74, 6) is 0.454. The zero-order valence-corrected chi connectivity index (χ0v) is 15.7. The van der Waals surface area contributed by atoms with Crippen LogP contribution in [-0.2, 0) is 11.3 Å². The number of aromatic nitrogens is 2. The zero-order chi connectivity index (χ0) is 19.1. The molecule has 3 aromatic rings. The maximum Gasteiger partial charge on any atom is 0.265 e. The van der Waals surface area contributed by atoms with Crippen molar-refractivity contribution >= 4 is 34.8 Å². The minimum absolute atomic E-state index is 0.197. The third kappa shape index (κ3) is 3.10. The van der Waals surface area contributed by atoms with Crippen molar-refractivity contribution in [2.75, 3.05) is 0 Å². The van der Waals surface area contributed by atoms with Gasteiger partial charge in [0.05, 0.1) is 29.1 Å². The van der Waals surface area contributed by atoms with E-state index in [9.17, 15) is 9.59 Å². The lowest BCUT2D eigenvalue weighted by Gasteiger charge is -2.13. The average Bonchev–Trinajstić information content (AvgIpc) is 3.23. The van der Waals surface area contributed by atoms with Gasteiger partial charge < -0.3 is 4.42 Å². The van der Waals surface area contributed by atoms with Crippen LogP contribution in [0, 0.1) is 13.8 Å². The largest absolute Gasteiger partial charge is 0.467 e. The number of thiocarbonyl (C=S) groups is 1. The lowest BCUT2D eigenvalue weighted by atomic mass is 10.1. The van der Waals surface area contributed by atoms with Crippen molar-refractivity contribution in [1.29, 1.82) is 0 Å². The van der Waals surface area contributed by atoms with E-state index in [1.165, 1.54) is 9.30 Å². The van der Waals surface area contributed by atoms with E-state index >= 15 is 0 Å². The lowest BCUT2D eigenvalue weighted by Crippen LogP contribution is -2.27. The monoisotopic (exact) mass is 379 g/mol. The van der Waals surface area contributed by atoms with Gasteiger partial charge in [0.2, 0.25) is 0 Å². The molecule has 1 amide bonds. The number of amides is 1. The van der Waals surface area contributed by atoms with Gasteiger partial charge in [-0.15, -0.1) is 0 Å². The second-order valence-corrected chi connectivity index (χ2v) is 7.03. The molecule has 0 radical (unpaired) electrons. The Balaban J connectivity index is 1.74. The van der Waals surface area contributed by atoms with E-state index in [0.29, 0.717) is 39.6 Å². The highest BCUT2D eigenvalue weighted by atomic mass is 32.1. The molecule has 1 fully saturated rings. The number of nitrogens with zero attached hydrogens (tertiary/aromatic N) is 3. The van der Waals surface area contributed by atoms with Gasteiger partial charge in [0.25, 0.3) is 11.5 Å². The normalized spacial score (nSPS) is 16.1. The van der Waals surface area contributed by atoms with Crippen molar-refractivity contribution in [3.63, 3.8) is 0 Å². The Morgan fingerprint density at radius 3 is 2.81 bits per heavy atom. The van der Waals surface area contributed by atoms with Crippen LogP contribution in [0.4, 0.5) is 0 Å². The molecule has 4 heterocycles. The van der Waals surface area contributed by atoms with E-state index in [4.69, 9.17) is 16.6 Å². The smallest absolute Gasteiger partial charge is 0.265 e. The molecule has 0 aliphatic carbocycles. The third-order valence-corrected chi connectivity index (χ3v) is 4.94. The molecular formula is C20H17N3O3S.